The van der Waals surface area contributed by atoms with E-state index in [2.05, 4.69) is 252 Å². The Morgan fingerprint density at radius 1 is 0.364 bits per heavy atom. The van der Waals surface area contributed by atoms with Gasteiger partial charge in [0, 0.05) is 66.4 Å². The topological polar surface area (TPSA) is 14.8 Å². The molecule has 0 bridgehead atoms. The van der Waals surface area contributed by atoms with Crippen LogP contribution in [0.25, 0.3) is 111 Å². The van der Waals surface area contributed by atoms with Gasteiger partial charge in [-0.2, -0.15) is 0 Å². The van der Waals surface area contributed by atoms with Crippen molar-refractivity contribution in [2.45, 2.75) is 34.1 Å². The number of hydrogen-bond donors (Lipinski definition) is 0. The van der Waals surface area contributed by atoms with Crippen molar-refractivity contribution in [3.8, 4) is 50.4 Å². The first-order valence-electron chi connectivity index (χ1n) is 23.4. The maximum atomic E-state index is 2.48. The van der Waals surface area contributed by atoms with Gasteiger partial charge in [0.05, 0.1) is 27.6 Å². The van der Waals surface area contributed by atoms with Gasteiger partial charge in [-0.05, 0) is 108 Å². The maximum absolute atomic E-state index is 2.48. The van der Waals surface area contributed by atoms with Crippen molar-refractivity contribution in [3.05, 3.63) is 230 Å². The van der Waals surface area contributed by atoms with Crippen LogP contribution in [0.4, 0.5) is 0 Å². The summed E-state index contributed by atoms with van der Waals surface area (Å²) in [4.78, 5) is 0. The van der Waals surface area contributed by atoms with Crippen LogP contribution in [0.5, 0.6) is 0 Å². The summed E-state index contributed by atoms with van der Waals surface area (Å²) in [6, 6.07) is 78.0. The largest absolute Gasteiger partial charge is 0.309 e. The molecule has 0 atom stereocenters. The first kappa shape index (κ1) is 40.6. The third-order valence-corrected chi connectivity index (χ3v) is 13.1. The number of benzene rings is 9. The highest BCUT2D eigenvalue weighted by Gasteiger charge is 2.23. The summed E-state index contributed by atoms with van der Waals surface area (Å²) < 4.78 is 7.40. The number of hydrogen-bond acceptors (Lipinski definition) is 0. The second-order valence-electron chi connectivity index (χ2n) is 16.7. The summed E-state index contributed by atoms with van der Waals surface area (Å²) >= 11 is 0. The normalized spacial score (nSPS) is 11.6. The number of para-hydroxylation sites is 8. The molecule has 0 fully saturated rings. The van der Waals surface area contributed by atoms with Gasteiger partial charge in [0.25, 0.3) is 0 Å². The molecule has 0 aliphatic heterocycles. The lowest BCUT2D eigenvalue weighted by atomic mass is 9.91. The molecule has 0 spiro atoms. The van der Waals surface area contributed by atoms with E-state index in [9.17, 15) is 0 Å². The molecule has 0 saturated carbocycles. The first-order chi connectivity index (χ1) is 32.7. The highest BCUT2D eigenvalue weighted by Crippen LogP contribution is 2.45. The summed E-state index contributed by atoms with van der Waals surface area (Å²) in [5.41, 5.74) is 19.1. The lowest BCUT2D eigenvalue weighted by Crippen LogP contribution is -1.99. The van der Waals surface area contributed by atoms with Crippen molar-refractivity contribution >= 4 is 60.6 Å². The molecular weight excluding hydrogens is 799 g/mol. The van der Waals surface area contributed by atoms with Gasteiger partial charge in [0.2, 0.25) is 0 Å². The minimum Gasteiger partial charge on any atom is -0.309 e. The third-order valence-electron chi connectivity index (χ3n) is 13.1. The molecule has 0 N–H and O–H groups in total. The van der Waals surface area contributed by atoms with E-state index < -0.39 is 0 Å². The summed E-state index contributed by atoms with van der Waals surface area (Å²) in [7, 11) is 0. The minimum atomic E-state index is 0.919. The van der Waals surface area contributed by atoms with Crippen LogP contribution in [0.3, 0.4) is 0 Å². The zero-order chi connectivity index (χ0) is 44.7. The molecule has 66 heavy (non-hydrogen) atoms. The number of aryl methyl sites for hydroxylation is 1. The molecule has 0 saturated heterocycles. The zero-order valence-electron chi connectivity index (χ0n) is 37.9. The molecule has 0 radical (unpaired) electrons. The van der Waals surface area contributed by atoms with Gasteiger partial charge < -0.3 is 13.7 Å². The van der Waals surface area contributed by atoms with Crippen molar-refractivity contribution in [1.82, 2.24) is 13.7 Å². The monoisotopic (exact) mass is 849 g/mol. The molecule has 3 nitrogen and oxygen atoms in total. The quantitative estimate of drug-likeness (QED) is 0.145. The molecule has 3 heterocycles. The fourth-order valence-corrected chi connectivity index (χ4v) is 10.5. The average molecular weight is 850 g/mol. The van der Waals surface area contributed by atoms with E-state index in [-0.39, 0.29) is 0 Å². The van der Waals surface area contributed by atoms with Crippen molar-refractivity contribution < 1.29 is 0 Å². The number of fused-ring (bicyclic) bond motifs is 7. The molecule has 0 unspecified atom stereocenters. The molecule has 12 aromatic rings. The van der Waals surface area contributed by atoms with Gasteiger partial charge in [-0.25, -0.2) is 0 Å². The molecule has 0 amide bonds. The summed E-state index contributed by atoms with van der Waals surface area (Å²) in [5.74, 6) is 0. The van der Waals surface area contributed by atoms with Crippen LogP contribution in [0, 0.1) is 0 Å². The fourth-order valence-electron chi connectivity index (χ4n) is 10.5. The van der Waals surface area contributed by atoms with Crippen LogP contribution >= 0.6 is 0 Å². The molecule has 0 aliphatic carbocycles. The molecule has 3 heteroatoms. The van der Waals surface area contributed by atoms with Crippen LogP contribution < -0.4 is 0 Å². The van der Waals surface area contributed by atoms with Crippen LogP contribution in [-0.4, -0.2) is 13.7 Å². The Bertz CT molecular complexity index is 3570. The minimum absolute atomic E-state index is 0.919. The lowest BCUT2D eigenvalue weighted by molar-refractivity contribution is 1.06. The van der Waals surface area contributed by atoms with Gasteiger partial charge >= 0.3 is 0 Å². The Hall–Kier alpha value is -8.14. The summed E-state index contributed by atoms with van der Waals surface area (Å²) in [5, 5.41) is 6.23. The Labute approximate surface area is 386 Å². The molecule has 12 rings (SSSR count). The van der Waals surface area contributed by atoms with Crippen LogP contribution in [-0.2, 0) is 6.42 Å². The number of aromatic nitrogens is 3. The van der Waals surface area contributed by atoms with E-state index in [1.54, 1.807) is 0 Å². The molecule has 0 aliphatic rings. The molecular formula is C63H51N3. The first-order valence-corrected chi connectivity index (χ1v) is 23.4. The second kappa shape index (κ2) is 17.1. The third kappa shape index (κ3) is 6.50. The SMILES string of the molecule is C/C=C\c1c(CC)c2cccc(-c3cc(-c4cccc5c6ccccc6n(-c6ccccc6)c45)cc(-c4cccc5c6ccccc6n(-c6ccccc6)c45)c3)c2n1-c1ccccc1.CC. The Morgan fingerprint density at radius 2 is 0.712 bits per heavy atom. The Balaban J connectivity index is 0.00000238. The van der Waals surface area contributed by atoms with Gasteiger partial charge in [0.1, 0.15) is 0 Å². The smallest absolute Gasteiger partial charge is 0.0619 e. The molecule has 9 aromatic carbocycles. The zero-order valence-corrected chi connectivity index (χ0v) is 37.9. The molecule has 3 aromatic heterocycles. The highest BCUT2D eigenvalue weighted by atomic mass is 15.0. The van der Waals surface area contributed by atoms with Crippen molar-refractivity contribution in [3.63, 3.8) is 0 Å². The number of rotatable bonds is 8. The van der Waals surface area contributed by atoms with E-state index in [1.807, 2.05) is 13.8 Å². The second-order valence-corrected chi connectivity index (χ2v) is 16.7. The van der Waals surface area contributed by atoms with Crippen molar-refractivity contribution in [2.75, 3.05) is 0 Å². The summed E-state index contributed by atoms with van der Waals surface area (Å²) in [6.07, 6.45) is 5.37. The van der Waals surface area contributed by atoms with Crippen LogP contribution in [0.1, 0.15) is 39.0 Å². The van der Waals surface area contributed by atoms with E-state index in [0.717, 1.165) is 34.6 Å². The van der Waals surface area contributed by atoms with E-state index in [4.69, 9.17) is 0 Å². The molecule has 318 valence electrons. The average Bonchev–Trinajstić information content (AvgIpc) is 4.03. The number of allylic oxidation sites excluding steroid dienone is 1. The predicted molar refractivity (Wildman–Crippen MR) is 284 cm³/mol. The Kier molecular flexibility index (Phi) is 10.5. The lowest BCUT2D eigenvalue weighted by Gasteiger charge is -2.17. The predicted octanol–water partition coefficient (Wildman–Crippen LogP) is 17.4. The van der Waals surface area contributed by atoms with E-state index >= 15 is 0 Å². The summed E-state index contributed by atoms with van der Waals surface area (Å²) in [6.45, 7) is 8.40. The fraction of sp³-hybridized carbons (Fsp3) is 0.0794. The van der Waals surface area contributed by atoms with Gasteiger partial charge in [-0.3, -0.25) is 0 Å². The Morgan fingerprint density at radius 3 is 1.12 bits per heavy atom. The van der Waals surface area contributed by atoms with Crippen LogP contribution in [0.2, 0.25) is 0 Å². The highest BCUT2D eigenvalue weighted by molar-refractivity contribution is 6.16. The van der Waals surface area contributed by atoms with Gasteiger partial charge in [-0.15, -0.1) is 0 Å². The number of nitrogens with zero attached hydrogens (tertiary/aromatic N) is 3. The van der Waals surface area contributed by atoms with Gasteiger partial charge in [0.15, 0.2) is 0 Å². The van der Waals surface area contributed by atoms with Crippen LogP contribution in [0.15, 0.2) is 218 Å². The van der Waals surface area contributed by atoms with E-state index in [0.29, 0.717) is 0 Å². The standard InChI is InChI=1S/C61H45N3.C2H6/c1-3-21-56-47(4-2)53-33-18-30-48(59(53)62(56)44-22-8-5-9-23-44)41-38-42(49-31-19-34-54-51-28-14-16-36-57(51)63(60(49)54)45-24-10-6-11-25-45)40-43(39-41)50-32-20-35-55-52-29-15-17-37-58(52)64(61(50)55)46-26-12-7-13-27-46;1-2/h3,5-40H,4H2,1-2H3;1-2H3/b21-3-;. The maximum Gasteiger partial charge on any atom is 0.0619 e. The van der Waals surface area contributed by atoms with Crippen molar-refractivity contribution in [1.29, 1.82) is 0 Å². The van der Waals surface area contributed by atoms with E-state index in [1.165, 1.54) is 88.0 Å². The van der Waals surface area contributed by atoms with Gasteiger partial charge in [-0.1, -0.05) is 172 Å². The van der Waals surface area contributed by atoms with Crippen molar-refractivity contribution in [2.24, 2.45) is 0 Å².